The average molecular weight is 264 g/mol. The molecule has 0 aromatic carbocycles. The fraction of sp³-hybridized carbons (Fsp3) is 0. The van der Waals surface area contributed by atoms with Gasteiger partial charge in [0.05, 0.1) is 0 Å². The van der Waals surface area contributed by atoms with Gasteiger partial charge in [0, 0.05) is 34.7 Å². The Kier molecular flexibility index (Phi) is 2060. The van der Waals surface area contributed by atoms with Gasteiger partial charge >= 0.3 is 34.1 Å². The summed E-state index contributed by atoms with van der Waals surface area (Å²) in [4.78, 5) is 0. The quantitative estimate of drug-likeness (QED) is 0.534. The summed E-state index contributed by atoms with van der Waals surface area (Å²) in [5.41, 5.74) is 0. The van der Waals surface area contributed by atoms with Crippen LogP contribution in [-0.2, 0) is 85.3 Å². The molecule has 0 saturated heterocycles. The molecule has 0 aromatic rings. The van der Waals surface area contributed by atoms with E-state index in [4.69, 9.17) is 0 Å². The largest absolute Gasteiger partial charge is 3.00 e. The summed E-state index contributed by atoms with van der Waals surface area (Å²) >= 11 is 0. The summed E-state index contributed by atoms with van der Waals surface area (Å²) in [5, 5.41) is 0. The van der Waals surface area contributed by atoms with Crippen LogP contribution in [0.5, 0.6) is 0 Å². The van der Waals surface area contributed by atoms with Crippen LogP contribution in [0.3, 0.4) is 0 Å². The molecule has 3 nitrogen and oxygen atoms in total. The minimum absolute atomic E-state index is 0. The van der Waals surface area contributed by atoms with Crippen LogP contribution in [-0.4, -0.2) is 0 Å². The van der Waals surface area contributed by atoms with Crippen LogP contribution in [0.15, 0.2) is 0 Å². The van der Waals surface area contributed by atoms with Crippen molar-refractivity contribution in [2.24, 2.45) is 0 Å². The number of hydrogen-bond acceptors (Lipinski definition) is 0. The van der Waals surface area contributed by atoms with E-state index in [9.17, 15) is 0 Å². The molecule has 2 radical (unpaired) electrons. The van der Waals surface area contributed by atoms with Crippen LogP contribution in [0.2, 0.25) is 0 Å². The Morgan fingerprint density at radius 2 is 0.429 bits per heavy atom. The maximum absolute atomic E-state index is 0. The molecule has 0 amide bonds. The topological polar surface area (TPSA) is 85.5 Å². The first-order valence-corrected chi connectivity index (χ1v) is 0. The molecule has 7 heavy (non-hydrogen) atoms. The predicted octanol–water partition coefficient (Wildman–Crippen LogP) is -0.366. The van der Waals surface area contributed by atoms with Gasteiger partial charge in [-0.3, -0.25) is 0 Å². The molecular weight excluding hydrogens is 264 g/mol. The predicted molar refractivity (Wildman–Crippen MR) is 2.06 cm³/mol. The third kappa shape index (κ3) is 72.6. The Balaban J connectivity index is 0. The van der Waals surface area contributed by atoms with Gasteiger partial charge in [-0.05, 0) is 0 Å². The first-order chi connectivity index (χ1) is 0. The van der Waals surface area contributed by atoms with Crippen molar-refractivity contribution >= 4 is 0 Å². The molecule has 0 spiro atoms. The second-order valence-corrected chi connectivity index (χ2v) is 0. The fourth-order valence-corrected chi connectivity index (χ4v) is 0. The minimum Gasteiger partial charge on any atom is -2.00 e. The van der Waals surface area contributed by atoms with Gasteiger partial charge in [-0.2, -0.15) is 0 Å². The zero-order valence-electron chi connectivity index (χ0n) is 2.75. The summed E-state index contributed by atoms with van der Waals surface area (Å²) in [6.45, 7) is 0. The SMILES string of the molecule is [Cr].[Cr].[Fe+3].[Fe+3].[O-2].[O-2].[O-2]. The molecule has 0 aliphatic heterocycles. The first-order valence-electron chi connectivity index (χ1n) is 0. The maximum Gasteiger partial charge on any atom is 3.00 e. The molecule has 0 bridgehead atoms. The normalized spacial score (nSPS) is 0. The van der Waals surface area contributed by atoms with E-state index >= 15 is 0 Å². The van der Waals surface area contributed by atoms with Crippen molar-refractivity contribution in [3.63, 3.8) is 0 Å². The second kappa shape index (κ2) is 98.9. The molecule has 0 fully saturated rings. The van der Waals surface area contributed by atoms with Crippen LogP contribution >= 0.6 is 0 Å². The molecule has 0 heterocycles. The molecular formula is Cr2Fe2O3. The summed E-state index contributed by atoms with van der Waals surface area (Å²) < 4.78 is 0. The van der Waals surface area contributed by atoms with E-state index in [1.807, 2.05) is 0 Å². The van der Waals surface area contributed by atoms with Crippen molar-refractivity contribution in [1.82, 2.24) is 0 Å². The van der Waals surface area contributed by atoms with Gasteiger partial charge in [0.15, 0.2) is 0 Å². The molecule has 0 saturated carbocycles. The Bertz CT molecular complexity index is 10.9. The number of hydrogen-bond donors (Lipinski definition) is 0. The number of rotatable bonds is 0. The molecule has 0 unspecified atom stereocenters. The average Bonchev–Trinajstić information content (AvgIpc) is 0. The van der Waals surface area contributed by atoms with Crippen molar-refractivity contribution in [2.75, 3.05) is 0 Å². The zero-order chi connectivity index (χ0) is 0. The van der Waals surface area contributed by atoms with E-state index in [0.29, 0.717) is 0 Å². The molecule has 0 N–H and O–H groups in total. The Morgan fingerprint density at radius 1 is 0.429 bits per heavy atom. The first kappa shape index (κ1) is 145. The van der Waals surface area contributed by atoms with Crippen molar-refractivity contribution in [1.29, 1.82) is 0 Å². The van der Waals surface area contributed by atoms with Gasteiger partial charge in [-0.1, -0.05) is 0 Å². The Morgan fingerprint density at radius 3 is 0.429 bits per heavy atom. The van der Waals surface area contributed by atoms with Crippen molar-refractivity contribution in [3.05, 3.63) is 0 Å². The van der Waals surface area contributed by atoms with Crippen LogP contribution in [0, 0.1) is 0 Å². The summed E-state index contributed by atoms with van der Waals surface area (Å²) in [6.07, 6.45) is 0. The van der Waals surface area contributed by atoms with E-state index in [1.165, 1.54) is 0 Å². The van der Waals surface area contributed by atoms with Crippen LogP contribution in [0.1, 0.15) is 0 Å². The third-order valence-electron chi connectivity index (χ3n) is 0. The molecule has 0 aromatic heterocycles. The second-order valence-electron chi connectivity index (χ2n) is 0. The molecule has 0 aliphatic carbocycles. The summed E-state index contributed by atoms with van der Waals surface area (Å²) in [6, 6.07) is 0. The van der Waals surface area contributed by atoms with Crippen LogP contribution in [0.25, 0.3) is 0 Å². The van der Waals surface area contributed by atoms with E-state index < -0.39 is 0 Å². The van der Waals surface area contributed by atoms with Gasteiger partial charge in [-0.25, -0.2) is 0 Å². The van der Waals surface area contributed by atoms with Gasteiger partial charge in [0.2, 0.25) is 0 Å². The molecule has 46 valence electrons. The summed E-state index contributed by atoms with van der Waals surface area (Å²) in [5.74, 6) is 0. The Hall–Kier alpha value is 1.98. The standard InChI is InChI=1S/2Cr.2Fe.3O/q;;2*+3;3*-2. The summed E-state index contributed by atoms with van der Waals surface area (Å²) in [7, 11) is 0. The molecule has 0 aliphatic rings. The molecule has 0 atom stereocenters. The van der Waals surface area contributed by atoms with Gasteiger partial charge in [-0.15, -0.1) is 0 Å². The van der Waals surface area contributed by atoms with Crippen LogP contribution < -0.4 is 0 Å². The van der Waals surface area contributed by atoms with E-state index in [-0.39, 0.29) is 85.3 Å². The Labute approximate surface area is 84.7 Å². The van der Waals surface area contributed by atoms with E-state index in [2.05, 4.69) is 0 Å². The van der Waals surface area contributed by atoms with E-state index in [0.717, 1.165) is 0 Å². The van der Waals surface area contributed by atoms with Crippen molar-refractivity contribution < 1.29 is 85.3 Å². The van der Waals surface area contributed by atoms with E-state index in [1.54, 1.807) is 0 Å². The third-order valence-corrected chi connectivity index (χ3v) is 0. The van der Waals surface area contributed by atoms with Crippen molar-refractivity contribution in [3.8, 4) is 0 Å². The van der Waals surface area contributed by atoms with Gasteiger partial charge < -0.3 is 16.4 Å². The smallest absolute Gasteiger partial charge is 2.00 e. The monoisotopic (exact) mass is 264 g/mol. The van der Waals surface area contributed by atoms with Gasteiger partial charge in [0.1, 0.15) is 0 Å². The van der Waals surface area contributed by atoms with Crippen LogP contribution in [0.4, 0.5) is 0 Å². The maximum atomic E-state index is 0. The van der Waals surface area contributed by atoms with Gasteiger partial charge in [0.25, 0.3) is 0 Å². The zero-order valence-corrected chi connectivity index (χ0v) is 7.51. The van der Waals surface area contributed by atoms with Crippen molar-refractivity contribution in [2.45, 2.75) is 0 Å². The minimum atomic E-state index is 0. The fourth-order valence-electron chi connectivity index (χ4n) is 0. The molecule has 0 rings (SSSR count). The molecule has 7 heteroatoms.